The van der Waals surface area contributed by atoms with Gasteiger partial charge in [0.1, 0.15) is 11.6 Å². The number of aryl methyl sites for hydroxylation is 3. The zero-order valence-corrected chi connectivity index (χ0v) is 16.6. The minimum atomic E-state index is -0.389. The van der Waals surface area contributed by atoms with E-state index in [-0.39, 0.29) is 17.8 Å². The summed E-state index contributed by atoms with van der Waals surface area (Å²) in [4.78, 5) is 23.7. The van der Waals surface area contributed by atoms with Crippen LogP contribution in [0, 0.1) is 19.7 Å². The summed E-state index contributed by atoms with van der Waals surface area (Å²) in [6.07, 6.45) is 6.96. The van der Waals surface area contributed by atoms with Gasteiger partial charge >= 0.3 is 0 Å². The van der Waals surface area contributed by atoms with Crippen LogP contribution in [0.4, 0.5) is 4.39 Å². The standard InChI is InChI=1S/C22H23FN4O2/c1-14-21(15(2)29-26-14)20-13-24-18(12-25-20)8-9-19-7-4-10-27(19)22(28)16-5-3-6-17(23)11-16/h3,5-6,11-13,19H,4,7-10H2,1-2H3/t19-/m0/s1. The second-order valence-corrected chi connectivity index (χ2v) is 7.44. The minimum Gasteiger partial charge on any atom is -0.361 e. The van der Waals surface area contributed by atoms with Crippen molar-refractivity contribution in [2.45, 2.75) is 45.6 Å². The molecule has 1 saturated heterocycles. The molecule has 0 bridgehead atoms. The lowest BCUT2D eigenvalue weighted by Gasteiger charge is -2.24. The summed E-state index contributed by atoms with van der Waals surface area (Å²) in [6, 6.07) is 6.03. The molecule has 0 radical (unpaired) electrons. The predicted octanol–water partition coefficient (Wildman–Crippen LogP) is 4.12. The summed E-state index contributed by atoms with van der Waals surface area (Å²) >= 11 is 0. The van der Waals surface area contributed by atoms with Crippen LogP contribution < -0.4 is 0 Å². The molecule has 29 heavy (non-hydrogen) atoms. The van der Waals surface area contributed by atoms with E-state index in [4.69, 9.17) is 4.52 Å². The lowest BCUT2D eigenvalue weighted by molar-refractivity contribution is 0.0730. The number of rotatable bonds is 5. The molecule has 1 aliphatic rings. The molecule has 7 heteroatoms. The molecule has 1 fully saturated rings. The monoisotopic (exact) mass is 394 g/mol. The first-order chi connectivity index (χ1) is 14.0. The third kappa shape index (κ3) is 4.04. The van der Waals surface area contributed by atoms with Crippen molar-refractivity contribution in [3.05, 3.63) is 65.2 Å². The average Bonchev–Trinajstić information content (AvgIpc) is 3.32. The molecule has 1 aliphatic heterocycles. The Bertz CT molecular complexity index is 996. The van der Waals surface area contributed by atoms with Gasteiger partial charge in [0, 0.05) is 24.3 Å². The molecule has 1 atom stereocenters. The van der Waals surface area contributed by atoms with E-state index in [0.29, 0.717) is 12.1 Å². The Morgan fingerprint density at radius 1 is 1.28 bits per heavy atom. The van der Waals surface area contributed by atoms with Crippen molar-refractivity contribution in [1.29, 1.82) is 0 Å². The van der Waals surface area contributed by atoms with Crippen molar-refractivity contribution in [3.8, 4) is 11.3 Å². The third-order valence-corrected chi connectivity index (χ3v) is 5.44. The largest absolute Gasteiger partial charge is 0.361 e. The predicted molar refractivity (Wildman–Crippen MR) is 106 cm³/mol. The number of aromatic nitrogens is 3. The van der Waals surface area contributed by atoms with Crippen LogP contribution in [0.25, 0.3) is 11.3 Å². The number of halogens is 1. The number of carbonyl (C=O) groups excluding carboxylic acids is 1. The quantitative estimate of drug-likeness (QED) is 0.651. The van der Waals surface area contributed by atoms with Crippen molar-refractivity contribution in [1.82, 2.24) is 20.0 Å². The summed E-state index contributed by atoms with van der Waals surface area (Å²) < 4.78 is 18.7. The van der Waals surface area contributed by atoms with Gasteiger partial charge in [-0.25, -0.2) is 4.39 Å². The van der Waals surface area contributed by atoms with Crippen LogP contribution in [-0.4, -0.2) is 38.5 Å². The van der Waals surface area contributed by atoms with Crippen LogP contribution in [0.15, 0.2) is 41.2 Å². The molecular formula is C22H23FN4O2. The van der Waals surface area contributed by atoms with Gasteiger partial charge in [-0.3, -0.25) is 14.8 Å². The fourth-order valence-corrected chi connectivity index (χ4v) is 3.97. The van der Waals surface area contributed by atoms with E-state index in [1.807, 2.05) is 18.7 Å². The molecule has 3 heterocycles. The third-order valence-electron chi connectivity index (χ3n) is 5.44. The van der Waals surface area contributed by atoms with Gasteiger partial charge < -0.3 is 9.42 Å². The molecule has 3 aromatic rings. The fraction of sp³-hybridized carbons (Fsp3) is 0.364. The maximum atomic E-state index is 13.5. The first-order valence-electron chi connectivity index (χ1n) is 9.83. The number of amides is 1. The summed E-state index contributed by atoms with van der Waals surface area (Å²) in [5, 5.41) is 3.96. The Labute approximate surface area is 168 Å². The summed E-state index contributed by atoms with van der Waals surface area (Å²) in [6.45, 7) is 4.44. The second kappa shape index (κ2) is 8.11. The van der Waals surface area contributed by atoms with Crippen molar-refractivity contribution in [2.75, 3.05) is 6.54 Å². The normalized spacial score (nSPS) is 16.4. The smallest absolute Gasteiger partial charge is 0.254 e. The maximum Gasteiger partial charge on any atom is 0.254 e. The van der Waals surface area contributed by atoms with Gasteiger partial charge in [0.15, 0.2) is 0 Å². The minimum absolute atomic E-state index is 0.105. The average molecular weight is 394 g/mol. The van der Waals surface area contributed by atoms with Crippen LogP contribution in [0.5, 0.6) is 0 Å². The molecule has 0 spiro atoms. The maximum absolute atomic E-state index is 13.5. The Hall–Kier alpha value is -3.09. The zero-order valence-electron chi connectivity index (χ0n) is 16.6. The van der Waals surface area contributed by atoms with Crippen LogP contribution in [-0.2, 0) is 6.42 Å². The van der Waals surface area contributed by atoms with E-state index in [1.165, 1.54) is 12.1 Å². The number of hydrogen-bond donors (Lipinski definition) is 0. The van der Waals surface area contributed by atoms with Crippen LogP contribution in [0.2, 0.25) is 0 Å². The van der Waals surface area contributed by atoms with Gasteiger partial charge in [-0.05, 0) is 57.7 Å². The van der Waals surface area contributed by atoms with E-state index >= 15 is 0 Å². The van der Waals surface area contributed by atoms with Gasteiger partial charge in [0.25, 0.3) is 5.91 Å². The van der Waals surface area contributed by atoms with Crippen molar-refractivity contribution < 1.29 is 13.7 Å². The Balaban J connectivity index is 1.41. The van der Waals surface area contributed by atoms with E-state index in [0.717, 1.165) is 54.1 Å². The summed E-state index contributed by atoms with van der Waals surface area (Å²) in [5.74, 6) is 0.231. The van der Waals surface area contributed by atoms with Crippen LogP contribution >= 0.6 is 0 Å². The number of nitrogens with zero attached hydrogens (tertiary/aromatic N) is 4. The molecular weight excluding hydrogens is 371 g/mol. The van der Waals surface area contributed by atoms with Crippen LogP contribution in [0.1, 0.15) is 46.8 Å². The van der Waals surface area contributed by atoms with Gasteiger partial charge in [-0.2, -0.15) is 0 Å². The van der Waals surface area contributed by atoms with Crippen molar-refractivity contribution in [3.63, 3.8) is 0 Å². The molecule has 1 aromatic carbocycles. The summed E-state index contributed by atoms with van der Waals surface area (Å²) in [7, 11) is 0. The highest BCUT2D eigenvalue weighted by Crippen LogP contribution is 2.26. The Kier molecular flexibility index (Phi) is 5.38. The number of hydrogen-bond acceptors (Lipinski definition) is 5. The number of carbonyl (C=O) groups is 1. The van der Waals surface area contributed by atoms with Crippen molar-refractivity contribution in [2.24, 2.45) is 0 Å². The molecule has 0 N–H and O–H groups in total. The molecule has 4 rings (SSSR count). The lowest BCUT2D eigenvalue weighted by atomic mass is 10.1. The summed E-state index contributed by atoms with van der Waals surface area (Å²) in [5.41, 5.74) is 3.70. The molecule has 2 aromatic heterocycles. The van der Waals surface area contributed by atoms with E-state index in [1.54, 1.807) is 24.5 Å². The number of benzene rings is 1. The van der Waals surface area contributed by atoms with E-state index in [9.17, 15) is 9.18 Å². The van der Waals surface area contributed by atoms with Crippen LogP contribution in [0.3, 0.4) is 0 Å². The van der Waals surface area contributed by atoms with Gasteiger partial charge in [-0.1, -0.05) is 11.2 Å². The Morgan fingerprint density at radius 2 is 2.14 bits per heavy atom. The highest BCUT2D eigenvalue weighted by atomic mass is 19.1. The second-order valence-electron chi connectivity index (χ2n) is 7.44. The molecule has 1 amide bonds. The van der Waals surface area contributed by atoms with Gasteiger partial charge in [-0.15, -0.1) is 0 Å². The topological polar surface area (TPSA) is 72.1 Å². The lowest BCUT2D eigenvalue weighted by Crippen LogP contribution is -2.35. The van der Waals surface area contributed by atoms with Gasteiger partial charge in [0.2, 0.25) is 0 Å². The highest BCUT2D eigenvalue weighted by molar-refractivity contribution is 5.94. The van der Waals surface area contributed by atoms with E-state index < -0.39 is 0 Å². The first kappa shape index (κ1) is 19.2. The SMILES string of the molecule is Cc1noc(C)c1-c1cnc(CC[C@@H]2CCCN2C(=O)c2cccc(F)c2)cn1. The van der Waals surface area contributed by atoms with E-state index in [2.05, 4.69) is 15.1 Å². The molecule has 0 aliphatic carbocycles. The highest BCUT2D eigenvalue weighted by Gasteiger charge is 2.29. The molecule has 6 nitrogen and oxygen atoms in total. The molecule has 0 unspecified atom stereocenters. The Morgan fingerprint density at radius 3 is 2.83 bits per heavy atom. The zero-order chi connectivity index (χ0) is 20.4. The molecule has 150 valence electrons. The van der Waals surface area contributed by atoms with Gasteiger partial charge in [0.05, 0.1) is 28.8 Å². The first-order valence-corrected chi connectivity index (χ1v) is 9.83. The number of likely N-dealkylation sites (tertiary alicyclic amines) is 1. The fourth-order valence-electron chi connectivity index (χ4n) is 3.97. The van der Waals surface area contributed by atoms with Crippen molar-refractivity contribution >= 4 is 5.91 Å². The molecule has 0 saturated carbocycles.